The number of morpholine rings is 1. The third kappa shape index (κ3) is 11.0. The minimum absolute atomic E-state index is 0. The molecule has 0 aliphatic carbocycles. The molecule has 0 unspecified atom stereocenters. The Hall–Kier alpha value is -0.610. The highest BCUT2D eigenvalue weighted by molar-refractivity contribution is 14.0. The molecule has 1 heterocycles. The van der Waals surface area contributed by atoms with E-state index in [0.717, 1.165) is 45.8 Å². The molecule has 1 fully saturated rings. The molecule has 1 saturated heterocycles. The van der Waals surface area contributed by atoms with Crippen molar-refractivity contribution in [3.05, 3.63) is 0 Å². The van der Waals surface area contributed by atoms with E-state index < -0.39 is 0 Å². The number of nitrogens with one attached hydrogen (secondary N) is 1. The van der Waals surface area contributed by atoms with Crippen LogP contribution in [-0.4, -0.2) is 69.4 Å². The van der Waals surface area contributed by atoms with Gasteiger partial charge in [0.25, 0.3) is 0 Å². The number of halogens is 1. The number of nitrogens with zero attached hydrogens (tertiary/aromatic N) is 2. The van der Waals surface area contributed by atoms with E-state index >= 15 is 0 Å². The number of carbonyl (C=O) groups is 1. The second-order valence-corrected chi connectivity index (χ2v) is 4.91. The van der Waals surface area contributed by atoms with Crippen molar-refractivity contribution >= 4 is 35.9 Å². The summed E-state index contributed by atoms with van der Waals surface area (Å²) in [5.41, 5.74) is 5.76. The highest BCUT2D eigenvalue weighted by Gasteiger charge is 2.08. The summed E-state index contributed by atoms with van der Waals surface area (Å²) in [5, 5.41) is 3.09. The molecule has 7 nitrogen and oxygen atoms in total. The van der Waals surface area contributed by atoms with Gasteiger partial charge in [0.1, 0.15) is 0 Å². The van der Waals surface area contributed by atoms with Gasteiger partial charge in [-0.2, -0.15) is 0 Å². The quantitative estimate of drug-likeness (QED) is 0.184. The second-order valence-electron chi connectivity index (χ2n) is 4.91. The van der Waals surface area contributed by atoms with Crippen molar-refractivity contribution in [2.24, 2.45) is 10.7 Å². The molecule has 0 spiro atoms. The maximum absolute atomic E-state index is 11.1. The lowest BCUT2D eigenvalue weighted by Gasteiger charge is -2.26. The van der Waals surface area contributed by atoms with Crippen LogP contribution < -0.4 is 11.1 Å². The molecule has 0 radical (unpaired) electrons. The Morgan fingerprint density at radius 3 is 2.77 bits per heavy atom. The Bertz CT molecular complexity index is 323. The van der Waals surface area contributed by atoms with E-state index in [4.69, 9.17) is 15.2 Å². The van der Waals surface area contributed by atoms with E-state index in [0.29, 0.717) is 32.0 Å². The molecule has 3 N–H and O–H groups in total. The van der Waals surface area contributed by atoms with Gasteiger partial charge in [0.15, 0.2) is 5.96 Å². The summed E-state index contributed by atoms with van der Waals surface area (Å²) in [5.74, 6) is 0.269. The predicted molar refractivity (Wildman–Crippen MR) is 97.7 cm³/mol. The van der Waals surface area contributed by atoms with Crippen molar-refractivity contribution in [3.63, 3.8) is 0 Å². The van der Waals surface area contributed by atoms with Crippen LogP contribution in [0.3, 0.4) is 0 Å². The van der Waals surface area contributed by atoms with Crippen molar-refractivity contribution in [2.45, 2.75) is 26.2 Å². The van der Waals surface area contributed by atoms with Crippen molar-refractivity contribution < 1.29 is 14.3 Å². The Balaban J connectivity index is 0.00000441. The summed E-state index contributed by atoms with van der Waals surface area (Å²) < 4.78 is 10.1. The fourth-order valence-electron chi connectivity index (χ4n) is 2.06. The molecule has 0 aromatic carbocycles. The van der Waals surface area contributed by atoms with Gasteiger partial charge in [-0.15, -0.1) is 24.0 Å². The standard InChI is InChI=1S/C14H28N4O3.HI/c1-2-21-13(19)5-3-6-16-14(15)17-7-4-8-18-9-11-20-12-10-18;/h2-12H2,1H3,(H3,15,16,17);1H. The maximum Gasteiger partial charge on any atom is 0.305 e. The average Bonchev–Trinajstić information content (AvgIpc) is 2.49. The van der Waals surface area contributed by atoms with Gasteiger partial charge in [-0.3, -0.25) is 14.7 Å². The minimum atomic E-state index is -0.176. The zero-order chi connectivity index (χ0) is 15.3. The highest BCUT2D eigenvalue weighted by Crippen LogP contribution is 1.97. The molecule has 1 aliphatic rings. The highest BCUT2D eigenvalue weighted by atomic mass is 127. The van der Waals surface area contributed by atoms with Gasteiger partial charge in [0, 0.05) is 32.6 Å². The minimum Gasteiger partial charge on any atom is -0.466 e. The first-order valence-corrected chi connectivity index (χ1v) is 7.72. The fourth-order valence-corrected chi connectivity index (χ4v) is 2.06. The molecule has 1 rings (SSSR count). The third-order valence-electron chi connectivity index (χ3n) is 3.19. The number of aliphatic imine (C=N–C) groups is 1. The fraction of sp³-hybridized carbons (Fsp3) is 0.857. The lowest BCUT2D eigenvalue weighted by atomic mass is 10.3. The molecule has 0 aromatic rings. The van der Waals surface area contributed by atoms with Gasteiger partial charge in [-0.1, -0.05) is 0 Å². The van der Waals surface area contributed by atoms with Crippen LogP contribution in [0, 0.1) is 0 Å². The maximum atomic E-state index is 11.1. The van der Waals surface area contributed by atoms with Crippen molar-refractivity contribution in [3.8, 4) is 0 Å². The Morgan fingerprint density at radius 1 is 1.36 bits per heavy atom. The van der Waals surface area contributed by atoms with Gasteiger partial charge in [-0.25, -0.2) is 0 Å². The van der Waals surface area contributed by atoms with Gasteiger partial charge >= 0.3 is 5.97 Å². The van der Waals surface area contributed by atoms with Crippen LogP contribution in [0.4, 0.5) is 0 Å². The number of guanidine groups is 1. The average molecular weight is 428 g/mol. The number of carbonyl (C=O) groups excluding carboxylic acids is 1. The van der Waals surface area contributed by atoms with Crippen molar-refractivity contribution in [1.29, 1.82) is 0 Å². The van der Waals surface area contributed by atoms with Crippen LogP contribution in [0.15, 0.2) is 4.99 Å². The first kappa shape index (κ1) is 21.4. The molecule has 0 saturated carbocycles. The molecule has 22 heavy (non-hydrogen) atoms. The van der Waals surface area contributed by atoms with Crippen LogP contribution in [0.5, 0.6) is 0 Å². The van der Waals surface area contributed by atoms with Crippen molar-refractivity contribution in [2.75, 3.05) is 52.5 Å². The number of ether oxygens (including phenoxy) is 2. The molecular formula is C14H29IN4O3. The van der Waals surface area contributed by atoms with E-state index in [1.54, 1.807) is 6.92 Å². The first-order chi connectivity index (χ1) is 10.2. The normalized spacial score (nSPS) is 16.0. The summed E-state index contributed by atoms with van der Waals surface area (Å²) in [6.07, 6.45) is 2.08. The topological polar surface area (TPSA) is 89.2 Å². The zero-order valence-electron chi connectivity index (χ0n) is 13.4. The molecule has 130 valence electrons. The van der Waals surface area contributed by atoms with E-state index in [9.17, 15) is 4.79 Å². The van der Waals surface area contributed by atoms with Crippen LogP contribution in [0.25, 0.3) is 0 Å². The second kappa shape index (κ2) is 14.0. The molecule has 8 heteroatoms. The molecule has 0 aromatic heterocycles. The van der Waals surface area contributed by atoms with E-state index in [-0.39, 0.29) is 29.9 Å². The predicted octanol–water partition coefficient (Wildman–Crippen LogP) is 0.574. The third-order valence-corrected chi connectivity index (χ3v) is 3.19. The monoisotopic (exact) mass is 428 g/mol. The van der Waals surface area contributed by atoms with Gasteiger partial charge in [-0.05, 0) is 26.3 Å². The van der Waals surface area contributed by atoms with Crippen LogP contribution in [0.1, 0.15) is 26.2 Å². The van der Waals surface area contributed by atoms with E-state index in [1.165, 1.54) is 0 Å². The Morgan fingerprint density at radius 2 is 2.09 bits per heavy atom. The summed E-state index contributed by atoms with van der Waals surface area (Å²) in [6.45, 7) is 8.31. The molecular weight excluding hydrogens is 399 g/mol. The van der Waals surface area contributed by atoms with Crippen molar-refractivity contribution in [1.82, 2.24) is 10.2 Å². The van der Waals surface area contributed by atoms with Crippen LogP contribution in [-0.2, 0) is 14.3 Å². The summed E-state index contributed by atoms with van der Waals surface area (Å²) in [4.78, 5) is 17.7. The zero-order valence-corrected chi connectivity index (χ0v) is 15.7. The molecule has 1 aliphatic heterocycles. The van der Waals surface area contributed by atoms with Gasteiger partial charge in [0.05, 0.1) is 19.8 Å². The molecule has 0 atom stereocenters. The van der Waals surface area contributed by atoms with Gasteiger partial charge in [0.2, 0.25) is 0 Å². The molecule has 0 amide bonds. The lowest BCUT2D eigenvalue weighted by molar-refractivity contribution is -0.143. The lowest BCUT2D eigenvalue weighted by Crippen LogP contribution is -2.39. The first-order valence-electron chi connectivity index (χ1n) is 7.72. The number of hydrogen-bond acceptors (Lipinski definition) is 5. The summed E-state index contributed by atoms with van der Waals surface area (Å²) >= 11 is 0. The Kier molecular flexibility index (Phi) is 13.6. The number of nitrogens with two attached hydrogens (primary N) is 1. The van der Waals surface area contributed by atoms with Crippen LogP contribution in [0.2, 0.25) is 0 Å². The summed E-state index contributed by atoms with van der Waals surface area (Å²) in [6, 6.07) is 0. The number of hydrogen-bond donors (Lipinski definition) is 2. The summed E-state index contributed by atoms with van der Waals surface area (Å²) in [7, 11) is 0. The van der Waals surface area contributed by atoms with Crippen LogP contribution >= 0.6 is 24.0 Å². The SMILES string of the molecule is CCOC(=O)CCCN=C(N)NCCCN1CCOCC1.I. The smallest absolute Gasteiger partial charge is 0.305 e. The number of rotatable bonds is 9. The number of esters is 1. The largest absolute Gasteiger partial charge is 0.466 e. The Labute approximate surface area is 150 Å². The van der Waals surface area contributed by atoms with E-state index in [1.807, 2.05) is 0 Å². The van der Waals surface area contributed by atoms with Gasteiger partial charge < -0.3 is 20.5 Å². The van der Waals surface area contributed by atoms with E-state index in [2.05, 4.69) is 15.2 Å². The molecule has 0 bridgehead atoms.